The molecule has 2 rings (SSSR count). The van der Waals surface area contributed by atoms with Gasteiger partial charge in [-0.15, -0.1) is 5.10 Å². The minimum atomic E-state index is -0.450. The van der Waals surface area contributed by atoms with Gasteiger partial charge in [-0.25, -0.2) is 4.79 Å². The Kier molecular flexibility index (Phi) is 5.83. The lowest BCUT2D eigenvalue weighted by Gasteiger charge is -2.28. The number of amidine groups is 1. The van der Waals surface area contributed by atoms with Crippen molar-refractivity contribution in [2.75, 3.05) is 38.3 Å². The maximum atomic E-state index is 12.0. The Balaban J connectivity index is 2.13. The molecule has 1 aliphatic heterocycles. The molecule has 0 saturated carbocycles. The Hall–Kier alpha value is -1.79. The normalized spacial score (nSPS) is 15.7. The molecule has 1 N–H and O–H groups in total. The van der Waals surface area contributed by atoms with Gasteiger partial charge in [-0.1, -0.05) is 17.7 Å². The number of halogens is 1. The number of nitrogens with zero attached hydrogens (tertiary/aromatic N) is 2. The number of morpholine rings is 1. The van der Waals surface area contributed by atoms with Gasteiger partial charge in [0.05, 0.1) is 25.5 Å². The van der Waals surface area contributed by atoms with E-state index < -0.39 is 5.97 Å². The number of benzene rings is 1. The van der Waals surface area contributed by atoms with Crippen LogP contribution in [0.2, 0.25) is 5.02 Å². The van der Waals surface area contributed by atoms with E-state index in [1.807, 2.05) is 11.0 Å². The van der Waals surface area contributed by atoms with Crippen LogP contribution in [0.5, 0.6) is 0 Å². The molecular weight excluding hydrogens is 294 g/mol. The average Bonchev–Trinajstić information content (AvgIpc) is 2.49. The number of anilines is 1. The number of hydrogen-bond donors (Lipinski definition) is 1. The van der Waals surface area contributed by atoms with Crippen LogP contribution < -0.4 is 5.43 Å². The topological polar surface area (TPSA) is 63.2 Å². The third-order valence-corrected chi connectivity index (χ3v) is 3.12. The van der Waals surface area contributed by atoms with Crippen molar-refractivity contribution in [3.05, 3.63) is 29.3 Å². The van der Waals surface area contributed by atoms with Crippen LogP contribution in [0.4, 0.5) is 5.69 Å². The monoisotopic (exact) mass is 311 g/mol. The maximum Gasteiger partial charge on any atom is 0.375 e. The highest BCUT2D eigenvalue weighted by Gasteiger charge is 2.23. The third-order valence-electron chi connectivity index (χ3n) is 2.88. The van der Waals surface area contributed by atoms with E-state index in [0.717, 1.165) is 0 Å². The fourth-order valence-electron chi connectivity index (χ4n) is 1.89. The molecule has 0 aliphatic carbocycles. The van der Waals surface area contributed by atoms with E-state index in [-0.39, 0.29) is 5.84 Å². The smallest absolute Gasteiger partial charge is 0.375 e. The molecule has 21 heavy (non-hydrogen) atoms. The summed E-state index contributed by atoms with van der Waals surface area (Å²) in [5, 5.41) is 4.78. The molecule has 1 saturated heterocycles. The number of hydrogen-bond acceptors (Lipinski definition) is 5. The average molecular weight is 312 g/mol. The number of ether oxygens (including phenoxy) is 2. The first-order valence-corrected chi connectivity index (χ1v) is 7.17. The van der Waals surface area contributed by atoms with Crippen LogP contribution in [0.25, 0.3) is 0 Å². The summed E-state index contributed by atoms with van der Waals surface area (Å²) in [6.07, 6.45) is 0. The molecule has 1 heterocycles. The Morgan fingerprint density at radius 2 is 2.24 bits per heavy atom. The Labute approximate surface area is 128 Å². The molecule has 0 radical (unpaired) electrons. The van der Waals surface area contributed by atoms with Crippen molar-refractivity contribution in [1.82, 2.24) is 4.90 Å². The van der Waals surface area contributed by atoms with Crippen molar-refractivity contribution in [1.29, 1.82) is 0 Å². The molecule has 114 valence electrons. The standard InChI is InChI=1S/C14H18ClN3O3/c1-2-21-14(19)13(18-6-8-20-9-7-18)17-16-12-5-3-4-11(15)10-12/h3-5,10,16H,2,6-9H2,1H3/b17-13-. The molecule has 0 spiro atoms. The Bertz CT molecular complexity index is 516. The second-order valence-electron chi connectivity index (χ2n) is 4.38. The van der Waals surface area contributed by atoms with Crippen LogP contribution >= 0.6 is 11.6 Å². The summed E-state index contributed by atoms with van der Waals surface area (Å²) in [6, 6.07) is 7.12. The molecule has 0 atom stereocenters. The summed E-state index contributed by atoms with van der Waals surface area (Å²) in [7, 11) is 0. The zero-order valence-electron chi connectivity index (χ0n) is 11.8. The molecular formula is C14H18ClN3O3. The van der Waals surface area contributed by atoms with Gasteiger partial charge >= 0.3 is 5.97 Å². The van der Waals surface area contributed by atoms with E-state index in [0.29, 0.717) is 43.6 Å². The molecule has 1 aromatic carbocycles. The molecule has 6 nitrogen and oxygen atoms in total. The van der Waals surface area contributed by atoms with Gasteiger partial charge in [-0.2, -0.15) is 0 Å². The Morgan fingerprint density at radius 3 is 2.90 bits per heavy atom. The van der Waals surface area contributed by atoms with Crippen molar-refractivity contribution in [3.63, 3.8) is 0 Å². The van der Waals surface area contributed by atoms with Gasteiger partial charge in [0.15, 0.2) is 0 Å². The third kappa shape index (κ3) is 4.61. The first-order valence-electron chi connectivity index (χ1n) is 6.80. The van der Waals surface area contributed by atoms with Crippen molar-refractivity contribution < 1.29 is 14.3 Å². The lowest BCUT2D eigenvalue weighted by Crippen LogP contribution is -2.45. The molecule has 7 heteroatoms. The highest BCUT2D eigenvalue weighted by molar-refractivity contribution is 6.35. The fraction of sp³-hybridized carbons (Fsp3) is 0.429. The predicted molar refractivity (Wildman–Crippen MR) is 81.5 cm³/mol. The lowest BCUT2D eigenvalue weighted by atomic mass is 10.3. The first kappa shape index (κ1) is 15.6. The highest BCUT2D eigenvalue weighted by atomic mass is 35.5. The summed E-state index contributed by atoms with van der Waals surface area (Å²) in [6.45, 7) is 4.41. The minimum Gasteiger partial charge on any atom is -0.460 e. The van der Waals surface area contributed by atoms with E-state index in [9.17, 15) is 4.79 Å². The Morgan fingerprint density at radius 1 is 1.48 bits per heavy atom. The zero-order chi connectivity index (χ0) is 15.1. The van der Waals surface area contributed by atoms with Crippen LogP contribution in [-0.4, -0.2) is 49.6 Å². The predicted octanol–water partition coefficient (Wildman–Crippen LogP) is 1.96. The molecule has 1 fully saturated rings. The molecule has 1 aliphatic rings. The summed E-state index contributed by atoms with van der Waals surface area (Å²) >= 11 is 5.91. The van der Waals surface area contributed by atoms with E-state index in [1.54, 1.807) is 25.1 Å². The van der Waals surface area contributed by atoms with Crippen molar-refractivity contribution in [3.8, 4) is 0 Å². The van der Waals surface area contributed by atoms with Crippen molar-refractivity contribution in [2.24, 2.45) is 5.10 Å². The quantitative estimate of drug-likeness (QED) is 0.400. The molecule has 0 unspecified atom stereocenters. The maximum absolute atomic E-state index is 12.0. The first-order chi connectivity index (χ1) is 10.2. The second kappa shape index (κ2) is 7.85. The highest BCUT2D eigenvalue weighted by Crippen LogP contribution is 2.15. The molecule has 0 amide bonds. The van der Waals surface area contributed by atoms with Crippen molar-refractivity contribution >= 4 is 29.1 Å². The van der Waals surface area contributed by atoms with Crippen LogP contribution in [-0.2, 0) is 14.3 Å². The van der Waals surface area contributed by atoms with Gasteiger partial charge in [0.2, 0.25) is 5.84 Å². The number of hydrazone groups is 1. The van der Waals surface area contributed by atoms with Crippen LogP contribution in [0.3, 0.4) is 0 Å². The van der Waals surface area contributed by atoms with Crippen molar-refractivity contribution in [2.45, 2.75) is 6.92 Å². The molecule has 1 aromatic rings. The second-order valence-corrected chi connectivity index (χ2v) is 4.81. The summed E-state index contributed by atoms with van der Waals surface area (Å²) < 4.78 is 10.3. The fourth-order valence-corrected chi connectivity index (χ4v) is 2.08. The summed E-state index contributed by atoms with van der Waals surface area (Å²) in [5.74, 6) is -0.200. The zero-order valence-corrected chi connectivity index (χ0v) is 12.6. The SMILES string of the molecule is CCOC(=O)/C(=N/Nc1cccc(Cl)c1)N1CCOCC1. The molecule has 0 aromatic heterocycles. The van der Waals surface area contributed by atoms with Gasteiger partial charge in [0, 0.05) is 18.1 Å². The van der Waals surface area contributed by atoms with Crippen LogP contribution in [0.15, 0.2) is 29.4 Å². The van der Waals surface area contributed by atoms with Gasteiger partial charge in [0.1, 0.15) is 0 Å². The number of nitrogens with one attached hydrogen (secondary N) is 1. The number of carbonyl (C=O) groups excluding carboxylic acids is 1. The summed E-state index contributed by atoms with van der Waals surface area (Å²) in [4.78, 5) is 13.9. The lowest BCUT2D eigenvalue weighted by molar-refractivity contribution is -0.136. The van der Waals surface area contributed by atoms with E-state index >= 15 is 0 Å². The largest absolute Gasteiger partial charge is 0.460 e. The van der Waals surface area contributed by atoms with Gasteiger partial charge in [0.25, 0.3) is 0 Å². The number of esters is 1. The number of rotatable bonds is 3. The van der Waals surface area contributed by atoms with Crippen LogP contribution in [0.1, 0.15) is 6.92 Å². The molecule has 0 bridgehead atoms. The van der Waals surface area contributed by atoms with Gasteiger partial charge in [-0.3, -0.25) is 5.43 Å². The minimum absolute atomic E-state index is 0.250. The van der Waals surface area contributed by atoms with E-state index in [1.165, 1.54) is 0 Å². The van der Waals surface area contributed by atoms with E-state index in [2.05, 4.69) is 10.5 Å². The van der Waals surface area contributed by atoms with Crippen LogP contribution in [0, 0.1) is 0 Å². The van der Waals surface area contributed by atoms with Gasteiger partial charge < -0.3 is 14.4 Å². The van der Waals surface area contributed by atoms with E-state index in [4.69, 9.17) is 21.1 Å². The van der Waals surface area contributed by atoms with Gasteiger partial charge in [-0.05, 0) is 25.1 Å². The summed E-state index contributed by atoms with van der Waals surface area (Å²) in [5.41, 5.74) is 3.55. The number of carbonyl (C=O) groups is 1.